The van der Waals surface area contributed by atoms with Crippen molar-refractivity contribution in [2.24, 2.45) is 4.15 Å². The van der Waals surface area contributed by atoms with Crippen LogP contribution in [0.15, 0.2) is 4.15 Å². The van der Waals surface area contributed by atoms with Gasteiger partial charge in [-0.15, -0.1) is 0 Å². The third-order valence-electron chi connectivity index (χ3n) is 4.12. The Hall–Kier alpha value is 0.0200. The fourth-order valence-electron chi connectivity index (χ4n) is 2.58. The van der Waals surface area contributed by atoms with Crippen molar-refractivity contribution in [3.8, 4) is 0 Å². The van der Waals surface area contributed by atoms with Crippen LogP contribution >= 0.6 is 7.74 Å². The average molecular weight is 416 g/mol. The predicted octanol–water partition coefficient (Wildman–Crippen LogP) is 5.83. The van der Waals surface area contributed by atoms with E-state index in [1.54, 1.807) is 0 Å². The van der Waals surface area contributed by atoms with Crippen molar-refractivity contribution in [2.75, 3.05) is 27.9 Å². The van der Waals surface area contributed by atoms with Gasteiger partial charge in [-0.05, 0) is 6.42 Å². The van der Waals surface area contributed by atoms with E-state index >= 15 is 0 Å². The maximum Gasteiger partial charge on any atom is 0.385 e. The Morgan fingerprint density at radius 3 is 1.46 bits per heavy atom. The second-order valence-corrected chi connectivity index (χ2v) is 10.0. The van der Waals surface area contributed by atoms with Crippen LogP contribution in [0.4, 0.5) is 0 Å². The largest absolute Gasteiger partial charge is 0.385 e. The molecule has 0 radical (unpaired) electrons. The molecule has 0 rings (SSSR count). The number of nitrogens with zero attached hydrogens (tertiary/aromatic N) is 1. The monoisotopic (exact) mass is 415 g/mol. The van der Waals surface area contributed by atoms with Gasteiger partial charge < -0.3 is 13.6 Å². The number of rotatable bonds is 18. The van der Waals surface area contributed by atoms with Crippen LogP contribution in [0.25, 0.3) is 0 Å². The molecule has 26 heavy (non-hydrogen) atoms. The summed E-state index contributed by atoms with van der Waals surface area (Å²) in [6, 6.07) is 0. The Bertz CT molecular complexity index is 465. The molecule has 0 spiro atoms. The standard InChI is InChI=1S/C17H38NO6PS/c1-5-6-7-8-9-10-11-12-13-14-15-16-17-24-26(19,20)18-25(21-2,22-3)23-4/h5-17H2,1-4H3. The summed E-state index contributed by atoms with van der Waals surface area (Å²) < 4.78 is 46.8. The fraction of sp³-hybridized carbons (Fsp3) is 1.00. The first-order valence-corrected chi connectivity index (χ1v) is 12.5. The van der Waals surface area contributed by atoms with E-state index in [1.165, 1.54) is 79.1 Å². The second-order valence-electron chi connectivity index (χ2n) is 6.24. The molecule has 0 N–H and O–H groups in total. The summed E-state index contributed by atoms with van der Waals surface area (Å²) in [7, 11) is -3.48. The van der Waals surface area contributed by atoms with Gasteiger partial charge in [0.05, 0.1) is 6.61 Å². The molecule has 0 aliphatic rings. The molecule has 0 aromatic heterocycles. The SMILES string of the molecule is CCCCCCCCCCCCCCOS(=O)(=O)N=P(OC)(OC)OC. The van der Waals surface area contributed by atoms with Gasteiger partial charge in [0.2, 0.25) is 0 Å². The minimum absolute atomic E-state index is 0.112. The van der Waals surface area contributed by atoms with Gasteiger partial charge in [0.15, 0.2) is 0 Å². The lowest BCUT2D eigenvalue weighted by Crippen LogP contribution is -2.05. The molecule has 0 fully saturated rings. The molecular weight excluding hydrogens is 377 g/mol. The smallest absolute Gasteiger partial charge is 0.305 e. The first kappa shape index (κ1) is 26.0. The van der Waals surface area contributed by atoms with Crippen molar-refractivity contribution in [2.45, 2.75) is 84.0 Å². The maximum atomic E-state index is 11.8. The van der Waals surface area contributed by atoms with E-state index in [2.05, 4.69) is 11.1 Å². The molecule has 0 aliphatic carbocycles. The Labute approximate surface area is 160 Å². The van der Waals surface area contributed by atoms with Crippen LogP contribution in [0, 0.1) is 0 Å². The summed E-state index contributed by atoms with van der Waals surface area (Å²) in [5, 5.41) is 0. The van der Waals surface area contributed by atoms with Crippen molar-refractivity contribution >= 4 is 18.0 Å². The molecule has 0 atom stereocenters. The summed E-state index contributed by atoms with van der Waals surface area (Å²) in [5.74, 6) is 0. The third kappa shape index (κ3) is 13.2. The molecule has 9 heteroatoms. The highest BCUT2D eigenvalue weighted by Gasteiger charge is 2.24. The van der Waals surface area contributed by atoms with Crippen LogP contribution in [0.3, 0.4) is 0 Å². The minimum atomic E-state index is -4.09. The van der Waals surface area contributed by atoms with Crippen LogP contribution in [0.2, 0.25) is 0 Å². The zero-order chi connectivity index (χ0) is 19.7. The van der Waals surface area contributed by atoms with Crippen molar-refractivity contribution in [3.63, 3.8) is 0 Å². The first-order valence-electron chi connectivity index (χ1n) is 9.65. The van der Waals surface area contributed by atoms with E-state index in [0.717, 1.165) is 12.8 Å². The van der Waals surface area contributed by atoms with E-state index < -0.39 is 18.0 Å². The first-order chi connectivity index (χ1) is 12.4. The van der Waals surface area contributed by atoms with E-state index in [9.17, 15) is 8.42 Å². The van der Waals surface area contributed by atoms with Crippen molar-refractivity contribution in [3.05, 3.63) is 0 Å². The van der Waals surface area contributed by atoms with E-state index in [1.807, 2.05) is 0 Å². The Balaban J connectivity index is 3.73. The summed E-state index contributed by atoms with van der Waals surface area (Å²) in [6.45, 7) is 2.35. The molecular formula is C17H38NO6PS. The zero-order valence-corrected chi connectivity index (χ0v) is 18.7. The number of hydrogen-bond donors (Lipinski definition) is 0. The lowest BCUT2D eigenvalue weighted by Gasteiger charge is -2.16. The van der Waals surface area contributed by atoms with Gasteiger partial charge in [0, 0.05) is 21.3 Å². The second kappa shape index (κ2) is 16.0. The molecule has 158 valence electrons. The van der Waals surface area contributed by atoms with E-state index in [0.29, 0.717) is 6.42 Å². The molecule has 0 bridgehead atoms. The molecule has 0 aliphatic heterocycles. The van der Waals surface area contributed by atoms with Crippen LogP contribution in [0.5, 0.6) is 0 Å². The van der Waals surface area contributed by atoms with Gasteiger partial charge in [0.25, 0.3) is 0 Å². The van der Waals surface area contributed by atoms with Crippen LogP contribution in [0.1, 0.15) is 84.0 Å². The zero-order valence-electron chi connectivity index (χ0n) is 16.9. The van der Waals surface area contributed by atoms with Gasteiger partial charge >= 0.3 is 18.0 Å². The van der Waals surface area contributed by atoms with Crippen molar-refractivity contribution in [1.82, 2.24) is 0 Å². The third-order valence-corrected chi connectivity index (χ3v) is 7.57. The normalized spacial score (nSPS) is 12.5. The quantitative estimate of drug-likeness (QED) is 0.207. The summed E-state index contributed by atoms with van der Waals surface area (Å²) in [4.78, 5) is 0. The van der Waals surface area contributed by atoms with Crippen molar-refractivity contribution in [1.29, 1.82) is 0 Å². The maximum absolute atomic E-state index is 11.8. The van der Waals surface area contributed by atoms with Crippen LogP contribution < -0.4 is 0 Å². The van der Waals surface area contributed by atoms with Gasteiger partial charge in [-0.3, -0.25) is 4.18 Å². The molecule has 0 aromatic carbocycles. The Kier molecular flexibility index (Phi) is 16.0. The van der Waals surface area contributed by atoms with Crippen LogP contribution in [-0.4, -0.2) is 36.4 Å². The van der Waals surface area contributed by atoms with Gasteiger partial charge in [-0.2, -0.15) is 8.42 Å². The van der Waals surface area contributed by atoms with E-state index in [4.69, 9.17) is 17.8 Å². The summed E-state index contributed by atoms with van der Waals surface area (Å²) >= 11 is 0. The predicted molar refractivity (Wildman–Crippen MR) is 106 cm³/mol. The van der Waals surface area contributed by atoms with Gasteiger partial charge in [0.1, 0.15) is 0 Å². The summed E-state index contributed by atoms with van der Waals surface area (Å²) in [6.07, 6.45) is 14.5. The molecule has 0 amide bonds. The highest BCUT2D eigenvalue weighted by molar-refractivity contribution is 7.88. The Morgan fingerprint density at radius 1 is 0.692 bits per heavy atom. The minimum Gasteiger partial charge on any atom is -0.305 e. The molecule has 0 saturated carbocycles. The highest BCUT2D eigenvalue weighted by atomic mass is 32.2. The lowest BCUT2D eigenvalue weighted by atomic mass is 10.1. The molecule has 0 heterocycles. The molecule has 0 saturated heterocycles. The van der Waals surface area contributed by atoms with Gasteiger partial charge in [-0.25, -0.2) is 0 Å². The number of unbranched alkanes of at least 4 members (excludes halogenated alkanes) is 11. The molecule has 7 nitrogen and oxygen atoms in total. The Morgan fingerprint density at radius 2 is 1.08 bits per heavy atom. The lowest BCUT2D eigenvalue weighted by molar-refractivity contribution is 0.224. The van der Waals surface area contributed by atoms with E-state index in [-0.39, 0.29) is 6.61 Å². The summed E-state index contributed by atoms with van der Waals surface area (Å²) in [5.41, 5.74) is 0. The molecule has 0 unspecified atom stereocenters. The fourth-order valence-corrected chi connectivity index (χ4v) is 5.32. The van der Waals surface area contributed by atoms with Gasteiger partial charge in [-0.1, -0.05) is 81.7 Å². The molecule has 0 aromatic rings. The van der Waals surface area contributed by atoms with Crippen LogP contribution in [-0.2, 0) is 28.1 Å². The highest BCUT2D eigenvalue weighted by Crippen LogP contribution is 2.51. The topological polar surface area (TPSA) is 83.4 Å². The average Bonchev–Trinajstić information content (AvgIpc) is 2.63. The van der Waals surface area contributed by atoms with Crippen molar-refractivity contribution < 1.29 is 26.2 Å². The number of hydrogen-bond acceptors (Lipinski definition) is 6.